The van der Waals surface area contributed by atoms with Crippen LogP contribution in [0.15, 0.2) is 12.7 Å². The molecule has 0 spiro atoms. The summed E-state index contributed by atoms with van der Waals surface area (Å²) in [6, 6.07) is 0. The number of carbonyl (C=O) groups excluding carboxylic acids is 1. The van der Waals surface area contributed by atoms with E-state index in [2.05, 4.69) is 6.58 Å². The summed E-state index contributed by atoms with van der Waals surface area (Å²) in [5.41, 5.74) is -2.13. The second-order valence-electron chi connectivity index (χ2n) is 3.70. The van der Waals surface area contributed by atoms with E-state index >= 15 is 0 Å². The molecule has 1 unspecified atom stereocenters. The number of hydrogen-bond donors (Lipinski definition) is 0. The maximum atomic E-state index is 12.8. The van der Waals surface area contributed by atoms with Crippen molar-refractivity contribution in [3.63, 3.8) is 0 Å². The van der Waals surface area contributed by atoms with Crippen molar-refractivity contribution >= 4 is 5.78 Å². The first-order valence-corrected chi connectivity index (χ1v) is 4.65. The standard InChI is InChI=1S/C10H13F3O/c1-2-6-9(10(11,12)13)7-4-3-5-8(9)14/h2H,1,3-7H2. The van der Waals surface area contributed by atoms with Crippen LogP contribution in [0.2, 0.25) is 0 Å². The minimum absolute atomic E-state index is 0.0490. The van der Waals surface area contributed by atoms with E-state index in [9.17, 15) is 18.0 Å². The predicted molar refractivity (Wildman–Crippen MR) is 46.8 cm³/mol. The number of halogens is 3. The number of Topliss-reactive ketones (excluding diaryl/α,β-unsaturated/α-hetero) is 1. The third-order valence-corrected chi connectivity index (χ3v) is 2.83. The molecule has 1 fully saturated rings. The molecule has 0 amide bonds. The molecule has 1 rings (SSSR count). The van der Waals surface area contributed by atoms with E-state index in [4.69, 9.17) is 0 Å². The van der Waals surface area contributed by atoms with Crippen molar-refractivity contribution in [1.29, 1.82) is 0 Å². The van der Waals surface area contributed by atoms with Gasteiger partial charge in [-0.2, -0.15) is 13.2 Å². The number of alkyl halides is 3. The van der Waals surface area contributed by atoms with Crippen LogP contribution in [0.4, 0.5) is 13.2 Å². The smallest absolute Gasteiger partial charge is 0.299 e. The molecule has 14 heavy (non-hydrogen) atoms. The van der Waals surface area contributed by atoms with Crippen LogP contribution in [0.5, 0.6) is 0 Å². The molecule has 0 N–H and O–H groups in total. The van der Waals surface area contributed by atoms with Crippen LogP contribution < -0.4 is 0 Å². The van der Waals surface area contributed by atoms with E-state index in [1.807, 2.05) is 0 Å². The van der Waals surface area contributed by atoms with Crippen LogP contribution in [0.1, 0.15) is 32.1 Å². The van der Waals surface area contributed by atoms with Gasteiger partial charge in [0.05, 0.1) is 0 Å². The maximum absolute atomic E-state index is 12.8. The molecule has 0 aromatic carbocycles. The Morgan fingerprint density at radius 1 is 1.43 bits per heavy atom. The van der Waals surface area contributed by atoms with Gasteiger partial charge >= 0.3 is 6.18 Å². The molecule has 0 saturated heterocycles. The first kappa shape index (κ1) is 11.3. The fourth-order valence-corrected chi connectivity index (χ4v) is 1.97. The highest BCUT2D eigenvalue weighted by atomic mass is 19.4. The van der Waals surface area contributed by atoms with Crippen molar-refractivity contribution in [1.82, 2.24) is 0 Å². The fourth-order valence-electron chi connectivity index (χ4n) is 1.97. The van der Waals surface area contributed by atoms with Gasteiger partial charge in [0, 0.05) is 6.42 Å². The molecule has 0 bridgehead atoms. The molecule has 0 heterocycles. The fraction of sp³-hybridized carbons (Fsp3) is 0.700. The number of allylic oxidation sites excluding steroid dienone is 1. The van der Waals surface area contributed by atoms with Crippen molar-refractivity contribution in [3.05, 3.63) is 12.7 Å². The summed E-state index contributed by atoms with van der Waals surface area (Å²) in [6.07, 6.45) is -2.51. The van der Waals surface area contributed by atoms with Gasteiger partial charge in [-0.05, 0) is 19.3 Å². The molecular formula is C10H13F3O. The Morgan fingerprint density at radius 3 is 2.50 bits per heavy atom. The second-order valence-corrected chi connectivity index (χ2v) is 3.70. The minimum atomic E-state index is -4.43. The molecule has 1 atom stereocenters. The van der Waals surface area contributed by atoms with Crippen LogP contribution in [-0.4, -0.2) is 12.0 Å². The first-order chi connectivity index (χ1) is 6.44. The van der Waals surface area contributed by atoms with Crippen molar-refractivity contribution in [2.24, 2.45) is 5.41 Å². The van der Waals surface area contributed by atoms with Gasteiger partial charge < -0.3 is 0 Å². The highest BCUT2D eigenvalue weighted by molar-refractivity contribution is 5.86. The van der Waals surface area contributed by atoms with Crippen LogP contribution in [-0.2, 0) is 4.79 Å². The first-order valence-electron chi connectivity index (χ1n) is 4.65. The Morgan fingerprint density at radius 2 is 2.07 bits per heavy atom. The molecular weight excluding hydrogens is 193 g/mol. The van der Waals surface area contributed by atoms with Gasteiger partial charge in [-0.3, -0.25) is 4.79 Å². The van der Waals surface area contributed by atoms with E-state index in [-0.39, 0.29) is 19.3 Å². The normalized spacial score (nSPS) is 28.9. The van der Waals surface area contributed by atoms with Gasteiger partial charge in [0.2, 0.25) is 0 Å². The molecule has 80 valence electrons. The monoisotopic (exact) mass is 206 g/mol. The van der Waals surface area contributed by atoms with Crippen molar-refractivity contribution in [2.45, 2.75) is 38.3 Å². The van der Waals surface area contributed by atoms with Gasteiger partial charge in [-0.25, -0.2) is 0 Å². The molecule has 1 aliphatic rings. The van der Waals surface area contributed by atoms with Gasteiger partial charge in [-0.15, -0.1) is 6.58 Å². The molecule has 1 saturated carbocycles. The summed E-state index contributed by atoms with van der Waals surface area (Å²) < 4.78 is 38.3. The number of ketones is 1. The quantitative estimate of drug-likeness (QED) is 0.634. The minimum Gasteiger partial charge on any atom is -0.299 e. The van der Waals surface area contributed by atoms with E-state index in [0.717, 1.165) is 0 Å². The Balaban J connectivity index is 3.00. The second kappa shape index (κ2) is 3.75. The average Bonchev–Trinajstić information content (AvgIpc) is 2.07. The Hall–Kier alpha value is -0.800. The van der Waals surface area contributed by atoms with E-state index in [1.165, 1.54) is 6.08 Å². The van der Waals surface area contributed by atoms with Gasteiger partial charge in [0.25, 0.3) is 0 Å². The third kappa shape index (κ3) is 1.70. The van der Waals surface area contributed by atoms with Crippen molar-refractivity contribution in [3.8, 4) is 0 Å². The van der Waals surface area contributed by atoms with E-state index < -0.39 is 17.4 Å². The van der Waals surface area contributed by atoms with Crippen LogP contribution in [0.25, 0.3) is 0 Å². The van der Waals surface area contributed by atoms with Gasteiger partial charge in [-0.1, -0.05) is 12.5 Å². The third-order valence-electron chi connectivity index (χ3n) is 2.83. The summed E-state index contributed by atoms with van der Waals surface area (Å²) >= 11 is 0. The molecule has 1 nitrogen and oxygen atoms in total. The zero-order valence-corrected chi connectivity index (χ0v) is 7.86. The van der Waals surface area contributed by atoms with E-state index in [1.54, 1.807) is 0 Å². The van der Waals surface area contributed by atoms with Gasteiger partial charge in [0.15, 0.2) is 0 Å². The molecule has 0 aromatic rings. The largest absolute Gasteiger partial charge is 0.401 e. The lowest BCUT2D eigenvalue weighted by atomic mass is 9.70. The lowest BCUT2D eigenvalue weighted by Gasteiger charge is -2.36. The summed E-state index contributed by atoms with van der Waals surface area (Å²) in [5.74, 6) is -0.670. The van der Waals surface area contributed by atoms with Crippen LogP contribution in [0.3, 0.4) is 0 Å². The van der Waals surface area contributed by atoms with E-state index in [0.29, 0.717) is 12.8 Å². The van der Waals surface area contributed by atoms with Crippen LogP contribution in [0, 0.1) is 5.41 Å². The Kier molecular flexibility index (Phi) is 3.02. The summed E-state index contributed by atoms with van der Waals surface area (Å²) in [5, 5.41) is 0. The van der Waals surface area contributed by atoms with Crippen molar-refractivity contribution < 1.29 is 18.0 Å². The Labute approximate surface area is 81.0 Å². The molecule has 0 aromatic heterocycles. The summed E-state index contributed by atoms with van der Waals surface area (Å²) in [7, 11) is 0. The molecule has 0 aliphatic heterocycles. The molecule has 4 heteroatoms. The average molecular weight is 206 g/mol. The SMILES string of the molecule is C=CCC1(C(F)(F)F)CCCCC1=O. The number of carbonyl (C=O) groups is 1. The highest BCUT2D eigenvalue weighted by Gasteiger charge is 2.58. The lowest BCUT2D eigenvalue weighted by Crippen LogP contribution is -2.46. The maximum Gasteiger partial charge on any atom is 0.401 e. The number of rotatable bonds is 2. The zero-order chi connectivity index (χ0) is 10.8. The zero-order valence-electron chi connectivity index (χ0n) is 7.86. The van der Waals surface area contributed by atoms with Crippen molar-refractivity contribution in [2.75, 3.05) is 0 Å². The lowest BCUT2D eigenvalue weighted by molar-refractivity contribution is -0.225. The predicted octanol–water partition coefficient (Wildman–Crippen LogP) is 3.25. The summed E-state index contributed by atoms with van der Waals surface area (Å²) in [6.45, 7) is 3.30. The summed E-state index contributed by atoms with van der Waals surface area (Å²) in [4.78, 5) is 11.4. The Bertz CT molecular complexity index is 244. The molecule has 1 aliphatic carbocycles. The van der Waals surface area contributed by atoms with Crippen LogP contribution >= 0.6 is 0 Å². The number of hydrogen-bond acceptors (Lipinski definition) is 1. The highest BCUT2D eigenvalue weighted by Crippen LogP contribution is 2.49. The molecule has 0 radical (unpaired) electrons. The topological polar surface area (TPSA) is 17.1 Å². The van der Waals surface area contributed by atoms with Gasteiger partial charge in [0.1, 0.15) is 11.2 Å².